The molecule has 140 valence electrons. The zero-order valence-electron chi connectivity index (χ0n) is 16.0. The van der Waals surface area contributed by atoms with Crippen molar-refractivity contribution < 1.29 is 4.74 Å². The summed E-state index contributed by atoms with van der Waals surface area (Å²) in [6, 6.07) is 17.8. The molecule has 0 atom stereocenters. The minimum Gasteiger partial charge on any atom is -0.490 e. The number of nitriles is 1. The van der Waals surface area contributed by atoms with E-state index in [0.29, 0.717) is 23.7 Å². The fourth-order valence-electron chi connectivity index (χ4n) is 2.76. The van der Waals surface area contributed by atoms with E-state index in [9.17, 15) is 0 Å². The molecule has 0 saturated heterocycles. The molecule has 1 aromatic heterocycles. The normalized spacial score (nSPS) is 10.7. The Bertz CT molecular complexity index is 937. The smallest absolute Gasteiger partial charge is 0.159 e. The van der Waals surface area contributed by atoms with Crippen molar-refractivity contribution in [2.24, 2.45) is 0 Å². The second kappa shape index (κ2) is 10.0. The highest BCUT2D eigenvalue weighted by atomic mass is 16.5. The first-order chi connectivity index (χ1) is 13.8. The van der Waals surface area contributed by atoms with Gasteiger partial charge < -0.3 is 4.74 Å². The highest BCUT2D eigenvalue weighted by molar-refractivity contribution is 5.68. The molecule has 4 heteroatoms. The summed E-state index contributed by atoms with van der Waals surface area (Å²) >= 11 is 0. The third-order valence-electron chi connectivity index (χ3n) is 4.30. The lowest BCUT2D eigenvalue weighted by atomic mass is 10.0. The summed E-state index contributed by atoms with van der Waals surface area (Å²) < 4.78 is 5.69. The van der Waals surface area contributed by atoms with Crippen LogP contribution in [0.2, 0.25) is 0 Å². The lowest BCUT2D eigenvalue weighted by molar-refractivity contribution is 0.309. The van der Waals surface area contributed by atoms with Gasteiger partial charge in [0.1, 0.15) is 0 Å². The minimum absolute atomic E-state index is 0.661. The van der Waals surface area contributed by atoms with Gasteiger partial charge in [-0.25, -0.2) is 9.97 Å². The molecule has 0 bridgehead atoms. The van der Waals surface area contributed by atoms with Gasteiger partial charge in [0.15, 0.2) is 11.6 Å². The van der Waals surface area contributed by atoms with Gasteiger partial charge in [0.05, 0.1) is 30.6 Å². The van der Waals surface area contributed by atoms with Gasteiger partial charge in [-0.3, -0.25) is 0 Å². The summed E-state index contributed by atoms with van der Waals surface area (Å²) in [5, 5.41) is 8.90. The number of unbranched alkanes of at least 4 members (excludes halogenated alkanes) is 1. The summed E-state index contributed by atoms with van der Waals surface area (Å²) in [5.74, 6) is 1.36. The number of hydrogen-bond acceptors (Lipinski definition) is 4. The van der Waals surface area contributed by atoms with Gasteiger partial charge in [0, 0.05) is 5.56 Å². The van der Waals surface area contributed by atoms with Crippen LogP contribution in [0.4, 0.5) is 0 Å². The van der Waals surface area contributed by atoms with E-state index in [4.69, 9.17) is 10.00 Å². The number of benzene rings is 2. The van der Waals surface area contributed by atoms with Gasteiger partial charge in [-0.15, -0.1) is 0 Å². The SMILES string of the molecule is CCC=CCCCOc1cnc(-c2ccc(-c3ccc(C#N)cc3)cc2)nc1. The third-order valence-corrected chi connectivity index (χ3v) is 4.30. The van der Waals surface area contributed by atoms with E-state index in [1.54, 1.807) is 12.4 Å². The Labute approximate surface area is 166 Å². The summed E-state index contributed by atoms with van der Waals surface area (Å²) in [6.07, 6.45) is 10.9. The van der Waals surface area contributed by atoms with Crippen molar-refractivity contribution in [2.45, 2.75) is 26.2 Å². The second-order valence-electron chi connectivity index (χ2n) is 6.38. The average molecular weight is 369 g/mol. The molecule has 0 aliphatic carbocycles. The van der Waals surface area contributed by atoms with Crippen molar-refractivity contribution in [1.29, 1.82) is 5.26 Å². The van der Waals surface area contributed by atoms with Crippen molar-refractivity contribution in [3.05, 3.63) is 78.6 Å². The molecule has 0 unspecified atom stereocenters. The molecule has 0 aliphatic rings. The molecular weight excluding hydrogens is 346 g/mol. The maximum Gasteiger partial charge on any atom is 0.159 e. The lowest BCUT2D eigenvalue weighted by Gasteiger charge is -2.06. The van der Waals surface area contributed by atoms with Crippen molar-refractivity contribution in [1.82, 2.24) is 9.97 Å². The Balaban J connectivity index is 1.59. The Morgan fingerprint density at radius 2 is 1.50 bits per heavy atom. The first-order valence-electron chi connectivity index (χ1n) is 9.51. The Morgan fingerprint density at radius 1 is 0.893 bits per heavy atom. The standard InChI is InChI=1S/C24H23N3O/c1-2-3-4-5-6-15-28-23-17-26-24(27-18-23)22-13-11-21(12-14-22)20-9-7-19(16-25)8-10-20/h3-4,7-14,17-18H,2,5-6,15H2,1H3. The van der Waals surface area contributed by atoms with Crippen molar-refractivity contribution in [3.8, 4) is 34.3 Å². The number of ether oxygens (including phenoxy) is 1. The molecule has 0 N–H and O–H groups in total. The van der Waals surface area contributed by atoms with E-state index in [1.165, 1.54) is 0 Å². The van der Waals surface area contributed by atoms with Crippen LogP contribution in [-0.4, -0.2) is 16.6 Å². The first-order valence-corrected chi connectivity index (χ1v) is 9.51. The molecule has 28 heavy (non-hydrogen) atoms. The maximum atomic E-state index is 8.90. The van der Waals surface area contributed by atoms with Crippen LogP contribution in [0.5, 0.6) is 5.75 Å². The maximum absolute atomic E-state index is 8.90. The Morgan fingerprint density at radius 3 is 2.11 bits per heavy atom. The van der Waals surface area contributed by atoms with E-state index in [-0.39, 0.29) is 0 Å². The van der Waals surface area contributed by atoms with E-state index in [1.807, 2.05) is 48.5 Å². The molecule has 0 amide bonds. The summed E-state index contributed by atoms with van der Waals surface area (Å²) in [5.41, 5.74) is 3.77. The predicted octanol–water partition coefficient (Wildman–Crippen LogP) is 5.81. The highest BCUT2D eigenvalue weighted by Crippen LogP contribution is 2.24. The number of nitrogens with zero attached hydrogens (tertiary/aromatic N) is 3. The Kier molecular flexibility index (Phi) is 6.92. The van der Waals surface area contributed by atoms with Crippen LogP contribution in [0.25, 0.3) is 22.5 Å². The molecule has 0 saturated carbocycles. The third kappa shape index (κ3) is 5.28. The van der Waals surface area contributed by atoms with Crippen LogP contribution in [0.3, 0.4) is 0 Å². The first kappa shape index (κ1) is 19.3. The molecule has 0 aliphatic heterocycles. The molecule has 3 rings (SSSR count). The summed E-state index contributed by atoms with van der Waals surface area (Å²) in [6.45, 7) is 2.79. The van der Waals surface area contributed by atoms with Gasteiger partial charge in [-0.05, 0) is 42.5 Å². The molecule has 0 spiro atoms. The van der Waals surface area contributed by atoms with Crippen LogP contribution in [0.1, 0.15) is 31.7 Å². The van der Waals surface area contributed by atoms with Gasteiger partial charge in [0.2, 0.25) is 0 Å². The van der Waals surface area contributed by atoms with Crippen LogP contribution in [0, 0.1) is 11.3 Å². The zero-order valence-corrected chi connectivity index (χ0v) is 16.0. The number of hydrogen-bond donors (Lipinski definition) is 0. The second-order valence-corrected chi connectivity index (χ2v) is 6.38. The van der Waals surface area contributed by atoms with Gasteiger partial charge in [-0.1, -0.05) is 55.5 Å². The van der Waals surface area contributed by atoms with Crippen molar-refractivity contribution >= 4 is 0 Å². The van der Waals surface area contributed by atoms with Gasteiger partial charge >= 0.3 is 0 Å². The summed E-state index contributed by atoms with van der Waals surface area (Å²) in [7, 11) is 0. The Hall–Kier alpha value is -3.45. The molecule has 0 fully saturated rings. The van der Waals surface area contributed by atoms with Crippen molar-refractivity contribution in [2.75, 3.05) is 6.61 Å². The monoisotopic (exact) mass is 369 g/mol. The molecular formula is C24H23N3O. The zero-order chi connectivity index (χ0) is 19.6. The van der Waals surface area contributed by atoms with Crippen LogP contribution < -0.4 is 4.74 Å². The molecule has 1 heterocycles. The lowest BCUT2D eigenvalue weighted by Crippen LogP contribution is -1.98. The molecule has 0 radical (unpaired) electrons. The number of aromatic nitrogens is 2. The van der Waals surface area contributed by atoms with E-state index < -0.39 is 0 Å². The fraction of sp³-hybridized carbons (Fsp3) is 0.208. The highest BCUT2D eigenvalue weighted by Gasteiger charge is 2.04. The topological polar surface area (TPSA) is 58.8 Å². The number of allylic oxidation sites excluding steroid dienone is 2. The quantitative estimate of drug-likeness (QED) is 0.371. The van der Waals surface area contributed by atoms with E-state index in [0.717, 1.165) is 36.0 Å². The van der Waals surface area contributed by atoms with Crippen LogP contribution in [-0.2, 0) is 0 Å². The molecule has 2 aromatic carbocycles. The summed E-state index contributed by atoms with van der Waals surface area (Å²) in [4.78, 5) is 8.83. The predicted molar refractivity (Wildman–Crippen MR) is 112 cm³/mol. The molecule has 4 nitrogen and oxygen atoms in total. The number of rotatable bonds is 8. The van der Waals surface area contributed by atoms with Gasteiger partial charge in [0.25, 0.3) is 0 Å². The van der Waals surface area contributed by atoms with Crippen LogP contribution in [0.15, 0.2) is 73.1 Å². The largest absolute Gasteiger partial charge is 0.490 e. The molecule has 3 aromatic rings. The average Bonchev–Trinajstić information content (AvgIpc) is 2.77. The van der Waals surface area contributed by atoms with Crippen LogP contribution >= 0.6 is 0 Å². The van der Waals surface area contributed by atoms with Crippen molar-refractivity contribution in [3.63, 3.8) is 0 Å². The van der Waals surface area contributed by atoms with Gasteiger partial charge in [-0.2, -0.15) is 5.26 Å². The minimum atomic E-state index is 0.661. The van der Waals surface area contributed by atoms with E-state index >= 15 is 0 Å². The van der Waals surface area contributed by atoms with E-state index in [2.05, 4.69) is 35.1 Å². The fourth-order valence-corrected chi connectivity index (χ4v) is 2.76.